The van der Waals surface area contributed by atoms with Gasteiger partial charge < -0.3 is 10.8 Å². The highest BCUT2D eigenvalue weighted by Gasteiger charge is 2.07. The van der Waals surface area contributed by atoms with Gasteiger partial charge in [-0.3, -0.25) is 9.36 Å². The minimum atomic E-state index is -1.08. The summed E-state index contributed by atoms with van der Waals surface area (Å²) in [6, 6.07) is 7.57. The Balaban J connectivity index is 2.64. The van der Waals surface area contributed by atoms with E-state index in [1.807, 2.05) is 6.92 Å². The average Bonchev–Trinajstić information content (AvgIpc) is 2.27. The molecule has 0 radical (unpaired) electrons. The maximum absolute atomic E-state index is 11.8. The third-order valence-corrected chi connectivity index (χ3v) is 2.54. The molecule has 2 rings (SSSR count). The van der Waals surface area contributed by atoms with Gasteiger partial charge in [0.05, 0.1) is 11.3 Å². The molecule has 0 spiro atoms. The van der Waals surface area contributed by atoms with Crippen LogP contribution >= 0.6 is 0 Å². The minimum absolute atomic E-state index is 0.0532. The SMILES string of the molecule is Cc1ccn(-c2cc(N)cc(C(=O)O)c2)c(=O)c1. The Morgan fingerprint density at radius 2 is 2.00 bits per heavy atom. The summed E-state index contributed by atoms with van der Waals surface area (Å²) < 4.78 is 1.36. The molecule has 3 N–H and O–H groups in total. The van der Waals surface area contributed by atoms with Crippen LogP contribution in [0.5, 0.6) is 0 Å². The van der Waals surface area contributed by atoms with E-state index < -0.39 is 5.97 Å². The van der Waals surface area contributed by atoms with Crippen LogP contribution in [0.1, 0.15) is 15.9 Å². The second-order valence-corrected chi connectivity index (χ2v) is 4.03. The lowest BCUT2D eigenvalue weighted by molar-refractivity contribution is 0.0697. The highest BCUT2D eigenvalue weighted by Crippen LogP contribution is 2.15. The van der Waals surface area contributed by atoms with Gasteiger partial charge in [-0.25, -0.2) is 4.79 Å². The molecular formula is C13H12N2O3. The molecule has 5 heteroatoms. The number of hydrogen-bond acceptors (Lipinski definition) is 3. The van der Waals surface area contributed by atoms with Crippen molar-refractivity contribution in [2.24, 2.45) is 0 Å². The number of nitrogens with two attached hydrogens (primary N) is 1. The summed E-state index contributed by atoms with van der Waals surface area (Å²) in [5.41, 5.74) is 7.06. The number of aryl methyl sites for hydroxylation is 1. The summed E-state index contributed by atoms with van der Waals surface area (Å²) in [4.78, 5) is 22.7. The van der Waals surface area contributed by atoms with Gasteiger partial charge in [0, 0.05) is 18.0 Å². The average molecular weight is 244 g/mol. The quantitative estimate of drug-likeness (QED) is 0.782. The zero-order valence-electron chi connectivity index (χ0n) is 9.75. The molecule has 0 bridgehead atoms. The van der Waals surface area contributed by atoms with Crippen molar-refractivity contribution in [1.29, 1.82) is 0 Å². The molecule has 0 aliphatic carbocycles. The van der Waals surface area contributed by atoms with Crippen LogP contribution < -0.4 is 11.3 Å². The first-order valence-electron chi connectivity index (χ1n) is 5.31. The van der Waals surface area contributed by atoms with Crippen molar-refractivity contribution in [3.63, 3.8) is 0 Å². The molecule has 0 fully saturated rings. The van der Waals surface area contributed by atoms with E-state index in [9.17, 15) is 9.59 Å². The van der Waals surface area contributed by atoms with E-state index in [1.54, 1.807) is 18.3 Å². The van der Waals surface area contributed by atoms with Gasteiger partial charge in [0.1, 0.15) is 0 Å². The number of nitrogen functional groups attached to an aromatic ring is 1. The Hall–Kier alpha value is -2.56. The summed E-state index contributed by atoms with van der Waals surface area (Å²) in [6.07, 6.45) is 1.60. The van der Waals surface area contributed by atoms with E-state index in [1.165, 1.54) is 22.8 Å². The molecule has 0 saturated carbocycles. The Morgan fingerprint density at radius 3 is 2.61 bits per heavy atom. The Bertz CT molecular complexity index is 674. The van der Waals surface area contributed by atoms with E-state index in [-0.39, 0.29) is 11.1 Å². The number of rotatable bonds is 2. The summed E-state index contributed by atoms with van der Waals surface area (Å²) in [5.74, 6) is -1.08. The molecule has 18 heavy (non-hydrogen) atoms. The van der Waals surface area contributed by atoms with Crippen LogP contribution in [-0.4, -0.2) is 15.6 Å². The van der Waals surface area contributed by atoms with Gasteiger partial charge in [-0.15, -0.1) is 0 Å². The monoisotopic (exact) mass is 244 g/mol. The molecule has 0 amide bonds. The fraction of sp³-hybridized carbons (Fsp3) is 0.0769. The number of carboxylic acids is 1. The van der Waals surface area contributed by atoms with Gasteiger partial charge in [0.15, 0.2) is 0 Å². The molecule has 2 aromatic rings. The highest BCUT2D eigenvalue weighted by molar-refractivity contribution is 5.89. The number of nitrogens with zero attached hydrogens (tertiary/aromatic N) is 1. The smallest absolute Gasteiger partial charge is 0.335 e. The predicted octanol–water partition coefficient (Wildman–Crippen LogP) is 1.43. The third-order valence-electron chi connectivity index (χ3n) is 2.54. The second-order valence-electron chi connectivity index (χ2n) is 4.03. The lowest BCUT2D eigenvalue weighted by Gasteiger charge is -2.08. The van der Waals surface area contributed by atoms with Gasteiger partial charge in [0.2, 0.25) is 0 Å². The van der Waals surface area contributed by atoms with E-state index in [4.69, 9.17) is 10.8 Å². The molecule has 92 valence electrons. The van der Waals surface area contributed by atoms with Gasteiger partial charge in [-0.1, -0.05) is 0 Å². The molecule has 1 aromatic carbocycles. The lowest BCUT2D eigenvalue weighted by Crippen LogP contribution is -2.17. The highest BCUT2D eigenvalue weighted by atomic mass is 16.4. The third kappa shape index (κ3) is 2.24. The molecular weight excluding hydrogens is 232 g/mol. The van der Waals surface area contributed by atoms with Crippen molar-refractivity contribution in [3.05, 3.63) is 58.0 Å². The summed E-state index contributed by atoms with van der Waals surface area (Å²) in [5, 5.41) is 8.95. The number of aromatic carboxylic acids is 1. The van der Waals surface area contributed by atoms with E-state index in [0.29, 0.717) is 11.4 Å². The number of pyridine rings is 1. The molecule has 1 aromatic heterocycles. The number of anilines is 1. The van der Waals surface area contributed by atoms with Crippen molar-refractivity contribution in [2.75, 3.05) is 5.73 Å². The van der Waals surface area contributed by atoms with Crippen LogP contribution in [0.25, 0.3) is 5.69 Å². The van der Waals surface area contributed by atoms with E-state index in [0.717, 1.165) is 5.56 Å². The Kier molecular flexibility index (Phi) is 2.89. The van der Waals surface area contributed by atoms with Gasteiger partial charge in [-0.2, -0.15) is 0 Å². The maximum Gasteiger partial charge on any atom is 0.335 e. The first kappa shape index (κ1) is 11.9. The van der Waals surface area contributed by atoms with Crippen LogP contribution in [0, 0.1) is 6.92 Å². The maximum atomic E-state index is 11.8. The van der Waals surface area contributed by atoms with Crippen molar-refractivity contribution >= 4 is 11.7 Å². The molecule has 0 atom stereocenters. The van der Waals surface area contributed by atoms with Gasteiger partial charge in [0.25, 0.3) is 5.56 Å². The standard InChI is InChI=1S/C13H12N2O3/c1-8-2-3-15(12(16)4-8)11-6-9(13(17)18)5-10(14)7-11/h2-7H,14H2,1H3,(H,17,18). The van der Waals surface area contributed by atoms with Crippen molar-refractivity contribution < 1.29 is 9.90 Å². The molecule has 1 heterocycles. The fourth-order valence-electron chi connectivity index (χ4n) is 1.69. The predicted molar refractivity (Wildman–Crippen MR) is 68.1 cm³/mol. The van der Waals surface area contributed by atoms with Gasteiger partial charge in [-0.05, 0) is 36.8 Å². The Labute approximate surface area is 103 Å². The van der Waals surface area contributed by atoms with Crippen molar-refractivity contribution in [2.45, 2.75) is 6.92 Å². The molecule has 0 aliphatic heterocycles. The molecule has 0 saturated heterocycles. The van der Waals surface area contributed by atoms with Crippen LogP contribution in [0.3, 0.4) is 0 Å². The zero-order valence-corrected chi connectivity index (χ0v) is 9.75. The fourth-order valence-corrected chi connectivity index (χ4v) is 1.69. The normalized spacial score (nSPS) is 10.3. The number of benzene rings is 1. The number of hydrogen-bond donors (Lipinski definition) is 2. The Morgan fingerprint density at radius 1 is 1.28 bits per heavy atom. The largest absolute Gasteiger partial charge is 0.478 e. The zero-order chi connectivity index (χ0) is 13.3. The second kappa shape index (κ2) is 4.37. The number of aromatic nitrogens is 1. The van der Waals surface area contributed by atoms with Crippen LogP contribution in [0.15, 0.2) is 41.3 Å². The summed E-state index contributed by atoms with van der Waals surface area (Å²) in [7, 11) is 0. The van der Waals surface area contributed by atoms with E-state index in [2.05, 4.69) is 0 Å². The van der Waals surface area contributed by atoms with Crippen LogP contribution in [0.4, 0.5) is 5.69 Å². The van der Waals surface area contributed by atoms with Crippen molar-refractivity contribution in [3.8, 4) is 5.69 Å². The number of carboxylic acid groups (broad SMARTS) is 1. The van der Waals surface area contributed by atoms with Gasteiger partial charge >= 0.3 is 5.97 Å². The van der Waals surface area contributed by atoms with Crippen LogP contribution in [-0.2, 0) is 0 Å². The number of carbonyl (C=O) groups is 1. The van der Waals surface area contributed by atoms with Crippen LogP contribution in [0.2, 0.25) is 0 Å². The summed E-state index contributed by atoms with van der Waals surface area (Å²) >= 11 is 0. The molecule has 0 unspecified atom stereocenters. The molecule has 0 aliphatic rings. The minimum Gasteiger partial charge on any atom is -0.478 e. The first-order chi connectivity index (χ1) is 8.47. The topological polar surface area (TPSA) is 85.3 Å². The lowest BCUT2D eigenvalue weighted by atomic mass is 10.1. The molecule has 5 nitrogen and oxygen atoms in total. The summed E-state index contributed by atoms with van der Waals surface area (Å²) in [6.45, 7) is 1.81. The first-order valence-corrected chi connectivity index (χ1v) is 5.31. The van der Waals surface area contributed by atoms with Crippen molar-refractivity contribution in [1.82, 2.24) is 4.57 Å². The van der Waals surface area contributed by atoms with E-state index >= 15 is 0 Å².